The van der Waals surface area contributed by atoms with E-state index in [1.807, 2.05) is 38.1 Å². The molecule has 5 rings (SSSR count). The molecule has 32 heavy (non-hydrogen) atoms. The summed E-state index contributed by atoms with van der Waals surface area (Å²) in [6, 6.07) is 7.88. The van der Waals surface area contributed by atoms with E-state index < -0.39 is 0 Å². The molecule has 6 heteroatoms. The highest BCUT2D eigenvalue weighted by atomic mass is 16.6. The van der Waals surface area contributed by atoms with Gasteiger partial charge >= 0.3 is 0 Å². The van der Waals surface area contributed by atoms with Crippen LogP contribution in [0.1, 0.15) is 42.6 Å². The van der Waals surface area contributed by atoms with Gasteiger partial charge in [0.1, 0.15) is 35.6 Å². The highest BCUT2D eigenvalue weighted by Crippen LogP contribution is 2.54. The molecule has 0 amide bonds. The van der Waals surface area contributed by atoms with Crippen LogP contribution < -0.4 is 23.7 Å². The average Bonchev–Trinajstić information content (AvgIpc) is 2.79. The molecule has 0 aromatic heterocycles. The molecule has 3 heterocycles. The van der Waals surface area contributed by atoms with E-state index in [-0.39, 0.29) is 23.7 Å². The third-order valence-electron chi connectivity index (χ3n) is 6.19. The lowest BCUT2D eigenvalue weighted by Crippen LogP contribution is -2.43. The Balaban J connectivity index is 1.64. The highest BCUT2D eigenvalue weighted by molar-refractivity contribution is 5.70. The molecule has 3 aliphatic heterocycles. The molecule has 0 bridgehead atoms. The zero-order chi connectivity index (χ0) is 22.5. The van der Waals surface area contributed by atoms with E-state index in [0.717, 1.165) is 33.9 Å². The van der Waals surface area contributed by atoms with Crippen LogP contribution in [0.3, 0.4) is 0 Å². The predicted molar refractivity (Wildman–Crippen MR) is 121 cm³/mol. The van der Waals surface area contributed by atoms with Crippen molar-refractivity contribution in [3.63, 3.8) is 0 Å². The van der Waals surface area contributed by atoms with Gasteiger partial charge in [-0.2, -0.15) is 0 Å². The molecule has 168 valence electrons. The molecular formula is C26H28O6. The Bertz CT molecular complexity index is 1090. The van der Waals surface area contributed by atoms with Crippen molar-refractivity contribution >= 4 is 6.08 Å². The minimum absolute atomic E-state index is 0.0750. The molecule has 0 saturated heterocycles. The van der Waals surface area contributed by atoms with Gasteiger partial charge in [0, 0.05) is 17.2 Å². The Labute approximate surface area is 188 Å². The van der Waals surface area contributed by atoms with E-state index in [0.29, 0.717) is 24.7 Å². The van der Waals surface area contributed by atoms with E-state index in [1.165, 1.54) is 0 Å². The monoisotopic (exact) mass is 436 g/mol. The number of benzene rings is 2. The third kappa shape index (κ3) is 3.30. The van der Waals surface area contributed by atoms with Gasteiger partial charge < -0.3 is 28.4 Å². The van der Waals surface area contributed by atoms with Gasteiger partial charge in [-0.1, -0.05) is 6.08 Å². The topological polar surface area (TPSA) is 55.4 Å². The number of fused-ring (bicyclic) bond motifs is 6. The van der Waals surface area contributed by atoms with E-state index in [1.54, 1.807) is 20.3 Å². The molecule has 6 nitrogen and oxygen atoms in total. The van der Waals surface area contributed by atoms with E-state index in [4.69, 9.17) is 28.4 Å². The van der Waals surface area contributed by atoms with Gasteiger partial charge in [0.05, 0.1) is 38.4 Å². The quantitative estimate of drug-likeness (QED) is 0.610. The largest absolute Gasteiger partial charge is 0.493 e. The fraction of sp³-hybridized carbons (Fsp3) is 0.385. The van der Waals surface area contributed by atoms with Crippen LogP contribution in [0.15, 0.2) is 43.0 Å². The number of methoxy groups -OCH3 is 2. The van der Waals surface area contributed by atoms with E-state index in [9.17, 15) is 0 Å². The summed E-state index contributed by atoms with van der Waals surface area (Å²) in [6.45, 7) is 8.73. The van der Waals surface area contributed by atoms with Crippen LogP contribution in [-0.4, -0.2) is 39.1 Å². The summed E-state index contributed by atoms with van der Waals surface area (Å²) in [4.78, 5) is 0. The molecule has 0 radical (unpaired) electrons. The maximum absolute atomic E-state index is 6.57. The molecule has 0 N–H and O–H groups in total. The van der Waals surface area contributed by atoms with Gasteiger partial charge in [0.25, 0.3) is 0 Å². The van der Waals surface area contributed by atoms with Crippen LogP contribution in [0.2, 0.25) is 0 Å². The summed E-state index contributed by atoms with van der Waals surface area (Å²) in [5.41, 5.74) is 2.54. The molecule has 0 spiro atoms. The molecular weight excluding hydrogens is 408 g/mol. The van der Waals surface area contributed by atoms with Crippen molar-refractivity contribution in [3.05, 3.63) is 59.7 Å². The molecule has 0 saturated carbocycles. The highest BCUT2D eigenvalue weighted by Gasteiger charge is 2.46. The van der Waals surface area contributed by atoms with E-state index in [2.05, 4.69) is 18.7 Å². The van der Waals surface area contributed by atoms with Crippen molar-refractivity contribution < 1.29 is 28.4 Å². The van der Waals surface area contributed by atoms with Crippen LogP contribution in [0, 0.1) is 0 Å². The van der Waals surface area contributed by atoms with Crippen molar-refractivity contribution in [3.8, 4) is 28.7 Å². The smallest absolute Gasteiger partial charge is 0.164 e. The predicted octanol–water partition coefficient (Wildman–Crippen LogP) is 5.07. The maximum atomic E-state index is 6.57. The standard InChI is InChI=1S/C26H28O6/c1-6-11-29-25-16-7-8-18-15(9-10-26(2,3)32-18)24(16)31-22-14-30-19-13-21(28-5)20(27-4)12-17(19)23(22)25/h6-10,12-13,22-23,25H,1,11,14H2,2-5H3/t22?,23-,25+/m0/s1. The minimum atomic E-state index is -0.361. The van der Waals surface area contributed by atoms with Crippen molar-refractivity contribution in [2.24, 2.45) is 0 Å². The lowest BCUT2D eigenvalue weighted by Gasteiger charge is -2.43. The SMILES string of the molecule is C=CCO[C@@H]1c2ccc3c(c2OC2COc4cc(OC)c(OC)cc4[C@@H]21)C=CC(C)(C)O3. The van der Waals surface area contributed by atoms with E-state index >= 15 is 0 Å². The zero-order valence-electron chi connectivity index (χ0n) is 18.8. The minimum Gasteiger partial charge on any atom is -0.493 e. The summed E-state index contributed by atoms with van der Waals surface area (Å²) < 4.78 is 36.2. The molecule has 3 atom stereocenters. The summed E-state index contributed by atoms with van der Waals surface area (Å²) in [5, 5.41) is 0. The summed E-state index contributed by atoms with van der Waals surface area (Å²) in [6.07, 6.45) is 5.43. The first-order valence-electron chi connectivity index (χ1n) is 10.8. The lowest BCUT2D eigenvalue weighted by atomic mass is 9.79. The lowest BCUT2D eigenvalue weighted by molar-refractivity contribution is -0.0318. The Morgan fingerprint density at radius 1 is 1.09 bits per heavy atom. The Morgan fingerprint density at radius 3 is 2.62 bits per heavy atom. The maximum Gasteiger partial charge on any atom is 0.164 e. The number of hydrogen-bond donors (Lipinski definition) is 0. The van der Waals surface area contributed by atoms with Gasteiger partial charge in [-0.15, -0.1) is 6.58 Å². The number of hydrogen-bond acceptors (Lipinski definition) is 6. The fourth-order valence-electron chi connectivity index (χ4n) is 4.71. The summed E-state index contributed by atoms with van der Waals surface area (Å²) in [7, 11) is 3.25. The van der Waals surface area contributed by atoms with Gasteiger partial charge in [-0.05, 0) is 44.2 Å². The van der Waals surface area contributed by atoms with Crippen molar-refractivity contribution in [2.45, 2.75) is 37.6 Å². The second kappa shape index (κ2) is 7.78. The van der Waals surface area contributed by atoms with Gasteiger partial charge in [-0.3, -0.25) is 0 Å². The first kappa shape index (κ1) is 20.8. The number of ether oxygens (including phenoxy) is 6. The second-order valence-electron chi connectivity index (χ2n) is 8.72. The first-order valence-corrected chi connectivity index (χ1v) is 10.8. The molecule has 3 aliphatic rings. The zero-order valence-corrected chi connectivity index (χ0v) is 18.8. The normalized spacial score (nSPS) is 23.8. The Kier molecular flexibility index (Phi) is 5.05. The first-order chi connectivity index (χ1) is 15.5. The van der Waals surface area contributed by atoms with Crippen LogP contribution in [0.4, 0.5) is 0 Å². The van der Waals surface area contributed by atoms with Gasteiger partial charge in [0.2, 0.25) is 0 Å². The van der Waals surface area contributed by atoms with Crippen molar-refractivity contribution in [2.75, 3.05) is 27.4 Å². The Hall–Kier alpha value is -3.12. The second-order valence-corrected chi connectivity index (χ2v) is 8.72. The van der Waals surface area contributed by atoms with Gasteiger partial charge in [-0.25, -0.2) is 0 Å². The molecule has 0 fully saturated rings. The van der Waals surface area contributed by atoms with Gasteiger partial charge in [0.15, 0.2) is 11.5 Å². The van der Waals surface area contributed by atoms with Crippen molar-refractivity contribution in [1.82, 2.24) is 0 Å². The Morgan fingerprint density at radius 2 is 1.88 bits per heavy atom. The average molecular weight is 437 g/mol. The molecule has 2 aromatic carbocycles. The summed E-state index contributed by atoms with van der Waals surface area (Å²) in [5.74, 6) is 3.55. The van der Waals surface area contributed by atoms with Crippen LogP contribution in [0.25, 0.3) is 6.08 Å². The number of rotatable bonds is 5. The molecule has 0 aliphatic carbocycles. The van der Waals surface area contributed by atoms with Crippen LogP contribution in [-0.2, 0) is 4.74 Å². The summed E-state index contributed by atoms with van der Waals surface area (Å²) >= 11 is 0. The fourth-order valence-corrected chi connectivity index (χ4v) is 4.71. The van der Waals surface area contributed by atoms with Crippen LogP contribution >= 0.6 is 0 Å². The third-order valence-corrected chi connectivity index (χ3v) is 6.19. The van der Waals surface area contributed by atoms with Crippen LogP contribution in [0.5, 0.6) is 28.7 Å². The molecule has 2 aromatic rings. The molecule has 1 unspecified atom stereocenters. The van der Waals surface area contributed by atoms with Crippen molar-refractivity contribution in [1.29, 1.82) is 0 Å².